The normalized spacial score (nSPS) is 22.8. The van der Waals surface area contributed by atoms with Gasteiger partial charge in [0.05, 0.1) is 5.92 Å². The van der Waals surface area contributed by atoms with Crippen molar-refractivity contribution in [3.63, 3.8) is 0 Å². The smallest absolute Gasteiger partial charge is 0.306 e. The maximum atomic E-state index is 12.9. The van der Waals surface area contributed by atoms with Crippen LogP contribution in [0.5, 0.6) is 0 Å². The third kappa shape index (κ3) is 3.30. The molecular formula is C14H15FO4. The van der Waals surface area contributed by atoms with Crippen LogP contribution in [0.3, 0.4) is 0 Å². The van der Waals surface area contributed by atoms with E-state index in [4.69, 9.17) is 10.2 Å². The molecule has 1 aliphatic rings. The number of rotatable bonds is 6. The summed E-state index contributed by atoms with van der Waals surface area (Å²) in [6.45, 7) is 0. The van der Waals surface area contributed by atoms with E-state index in [1.54, 1.807) is 12.1 Å². The SMILES string of the molecule is O=C(O)CCC(c1ccc(F)cc1)C1CC1C(=O)O. The summed E-state index contributed by atoms with van der Waals surface area (Å²) >= 11 is 0. The van der Waals surface area contributed by atoms with Gasteiger partial charge in [0.15, 0.2) is 0 Å². The van der Waals surface area contributed by atoms with E-state index in [2.05, 4.69) is 0 Å². The van der Waals surface area contributed by atoms with Crippen LogP contribution in [0.25, 0.3) is 0 Å². The number of hydrogen-bond acceptors (Lipinski definition) is 2. The molecule has 2 rings (SSSR count). The van der Waals surface area contributed by atoms with Crippen molar-refractivity contribution in [3.05, 3.63) is 35.6 Å². The van der Waals surface area contributed by atoms with Gasteiger partial charge in [0.1, 0.15) is 5.82 Å². The summed E-state index contributed by atoms with van der Waals surface area (Å²) in [5.74, 6) is -2.66. The van der Waals surface area contributed by atoms with Crippen molar-refractivity contribution in [3.8, 4) is 0 Å². The van der Waals surface area contributed by atoms with Crippen LogP contribution >= 0.6 is 0 Å². The minimum Gasteiger partial charge on any atom is -0.481 e. The van der Waals surface area contributed by atoms with Crippen LogP contribution in [0.2, 0.25) is 0 Å². The molecule has 19 heavy (non-hydrogen) atoms. The third-order valence-electron chi connectivity index (χ3n) is 3.64. The number of halogens is 1. The Morgan fingerprint density at radius 2 is 1.89 bits per heavy atom. The highest BCUT2D eigenvalue weighted by atomic mass is 19.1. The van der Waals surface area contributed by atoms with Crippen LogP contribution in [0.4, 0.5) is 4.39 Å². The number of carboxylic acid groups (broad SMARTS) is 2. The van der Waals surface area contributed by atoms with Crippen molar-refractivity contribution in [2.24, 2.45) is 11.8 Å². The summed E-state index contributed by atoms with van der Waals surface area (Å²) in [5.41, 5.74) is 0.816. The summed E-state index contributed by atoms with van der Waals surface area (Å²) in [4.78, 5) is 21.6. The molecule has 0 aliphatic heterocycles. The van der Waals surface area contributed by atoms with Crippen LogP contribution in [-0.2, 0) is 9.59 Å². The molecule has 1 saturated carbocycles. The lowest BCUT2D eigenvalue weighted by Gasteiger charge is -2.16. The van der Waals surface area contributed by atoms with E-state index < -0.39 is 17.9 Å². The van der Waals surface area contributed by atoms with Gasteiger partial charge >= 0.3 is 11.9 Å². The maximum absolute atomic E-state index is 12.9. The Hall–Kier alpha value is -1.91. The Balaban J connectivity index is 2.12. The molecule has 0 amide bonds. The van der Waals surface area contributed by atoms with Gasteiger partial charge in [-0.25, -0.2) is 4.39 Å². The number of benzene rings is 1. The molecule has 4 nitrogen and oxygen atoms in total. The minimum atomic E-state index is -0.903. The van der Waals surface area contributed by atoms with Crippen molar-refractivity contribution in [2.45, 2.75) is 25.2 Å². The second-order valence-corrected chi connectivity index (χ2v) is 4.93. The van der Waals surface area contributed by atoms with E-state index in [-0.39, 0.29) is 24.1 Å². The van der Waals surface area contributed by atoms with Crippen molar-refractivity contribution in [1.82, 2.24) is 0 Å². The molecule has 0 spiro atoms. The van der Waals surface area contributed by atoms with Crippen LogP contribution in [0.1, 0.15) is 30.7 Å². The molecule has 102 valence electrons. The second-order valence-electron chi connectivity index (χ2n) is 4.93. The monoisotopic (exact) mass is 266 g/mol. The topological polar surface area (TPSA) is 74.6 Å². The molecule has 3 atom stereocenters. The highest BCUT2D eigenvalue weighted by Crippen LogP contribution is 2.50. The molecule has 2 N–H and O–H groups in total. The van der Waals surface area contributed by atoms with Crippen LogP contribution in [0, 0.1) is 17.7 Å². The van der Waals surface area contributed by atoms with Crippen LogP contribution in [-0.4, -0.2) is 22.2 Å². The van der Waals surface area contributed by atoms with Crippen molar-refractivity contribution >= 4 is 11.9 Å². The number of aliphatic carboxylic acids is 2. The van der Waals surface area contributed by atoms with Crippen molar-refractivity contribution in [1.29, 1.82) is 0 Å². The molecule has 0 bridgehead atoms. The molecule has 0 saturated heterocycles. The average molecular weight is 266 g/mol. The van der Waals surface area contributed by atoms with Gasteiger partial charge in [0.2, 0.25) is 0 Å². The first-order chi connectivity index (χ1) is 8.99. The molecular weight excluding hydrogens is 251 g/mol. The Morgan fingerprint density at radius 1 is 1.26 bits per heavy atom. The van der Waals surface area contributed by atoms with E-state index in [0.717, 1.165) is 5.56 Å². The lowest BCUT2D eigenvalue weighted by molar-refractivity contribution is -0.139. The fraction of sp³-hybridized carbons (Fsp3) is 0.429. The predicted molar refractivity (Wildman–Crippen MR) is 65.2 cm³/mol. The molecule has 5 heteroatoms. The van der Waals surface area contributed by atoms with Crippen molar-refractivity contribution in [2.75, 3.05) is 0 Å². The zero-order valence-electron chi connectivity index (χ0n) is 10.3. The van der Waals surface area contributed by atoms with Gasteiger partial charge in [0.25, 0.3) is 0 Å². The van der Waals surface area contributed by atoms with Gasteiger partial charge in [-0.3, -0.25) is 9.59 Å². The Kier molecular flexibility index (Phi) is 3.83. The second kappa shape index (κ2) is 5.38. The largest absolute Gasteiger partial charge is 0.481 e. The van der Waals surface area contributed by atoms with Gasteiger partial charge in [-0.05, 0) is 42.4 Å². The highest BCUT2D eigenvalue weighted by molar-refractivity contribution is 5.74. The molecule has 1 fully saturated rings. The predicted octanol–water partition coefficient (Wildman–Crippen LogP) is 2.49. The van der Waals surface area contributed by atoms with Gasteiger partial charge in [0, 0.05) is 6.42 Å². The first kappa shape index (κ1) is 13.5. The number of carboxylic acids is 2. The lowest BCUT2D eigenvalue weighted by Crippen LogP contribution is -2.09. The van der Waals surface area contributed by atoms with Gasteiger partial charge in [-0.1, -0.05) is 12.1 Å². The molecule has 3 unspecified atom stereocenters. The Bertz CT molecular complexity index is 483. The number of carbonyl (C=O) groups is 2. The quantitative estimate of drug-likeness (QED) is 0.829. The van der Waals surface area contributed by atoms with Gasteiger partial charge < -0.3 is 10.2 Å². The minimum absolute atomic E-state index is 0.00905. The van der Waals surface area contributed by atoms with Crippen molar-refractivity contribution < 1.29 is 24.2 Å². The van der Waals surface area contributed by atoms with Crippen LogP contribution < -0.4 is 0 Å². The van der Waals surface area contributed by atoms with E-state index in [9.17, 15) is 14.0 Å². The summed E-state index contributed by atoms with van der Waals surface area (Å²) in [5, 5.41) is 17.7. The summed E-state index contributed by atoms with van der Waals surface area (Å²) in [7, 11) is 0. The fourth-order valence-corrected chi connectivity index (χ4v) is 2.56. The van der Waals surface area contributed by atoms with Crippen LogP contribution in [0.15, 0.2) is 24.3 Å². The first-order valence-corrected chi connectivity index (χ1v) is 6.19. The summed E-state index contributed by atoms with van der Waals surface area (Å²) in [6.07, 6.45) is 0.942. The zero-order chi connectivity index (χ0) is 14.0. The molecule has 1 aliphatic carbocycles. The fourth-order valence-electron chi connectivity index (χ4n) is 2.56. The summed E-state index contributed by atoms with van der Waals surface area (Å²) < 4.78 is 12.9. The average Bonchev–Trinajstić information content (AvgIpc) is 3.11. The molecule has 0 heterocycles. The lowest BCUT2D eigenvalue weighted by atomic mass is 9.88. The Morgan fingerprint density at radius 3 is 2.37 bits per heavy atom. The third-order valence-corrected chi connectivity index (χ3v) is 3.64. The van der Waals surface area contributed by atoms with E-state index in [1.807, 2.05) is 0 Å². The van der Waals surface area contributed by atoms with E-state index in [0.29, 0.717) is 12.8 Å². The molecule has 0 radical (unpaired) electrons. The Labute approximate surface area is 109 Å². The van der Waals surface area contributed by atoms with E-state index in [1.165, 1.54) is 12.1 Å². The van der Waals surface area contributed by atoms with E-state index >= 15 is 0 Å². The highest BCUT2D eigenvalue weighted by Gasteiger charge is 2.48. The molecule has 0 aromatic heterocycles. The first-order valence-electron chi connectivity index (χ1n) is 6.19. The zero-order valence-corrected chi connectivity index (χ0v) is 10.3. The number of hydrogen-bond donors (Lipinski definition) is 2. The molecule has 1 aromatic rings. The van der Waals surface area contributed by atoms with Gasteiger partial charge in [-0.2, -0.15) is 0 Å². The summed E-state index contributed by atoms with van der Waals surface area (Å²) in [6, 6.07) is 5.86. The maximum Gasteiger partial charge on any atom is 0.306 e. The van der Waals surface area contributed by atoms with Gasteiger partial charge in [-0.15, -0.1) is 0 Å². The standard InChI is InChI=1S/C14H15FO4/c15-9-3-1-8(2-4-9)10(5-6-13(16)17)11-7-12(11)14(18)19/h1-4,10-12H,5-7H2,(H,16,17)(H,18,19). The molecule has 1 aromatic carbocycles.